The monoisotopic (exact) mass is 251 g/mol. The Labute approximate surface area is 105 Å². The van der Waals surface area contributed by atoms with E-state index in [1.54, 1.807) is 24.3 Å². The molecule has 6 heteroatoms. The van der Waals surface area contributed by atoms with Gasteiger partial charge in [0.15, 0.2) is 0 Å². The molecule has 1 rings (SSSR count). The number of nitrogens with one attached hydrogen (secondary N) is 2. The molecule has 0 atom stereocenters. The molecule has 0 aliphatic carbocycles. The largest absolute Gasteiger partial charge is 0.494 e. The molecular weight excluding hydrogens is 234 g/mol. The summed E-state index contributed by atoms with van der Waals surface area (Å²) in [6.45, 7) is 3.03. The highest BCUT2D eigenvalue weighted by Crippen LogP contribution is 2.15. The molecule has 0 saturated carbocycles. The summed E-state index contributed by atoms with van der Waals surface area (Å²) in [5.41, 5.74) is 5.75. The second-order valence-electron chi connectivity index (χ2n) is 3.46. The second kappa shape index (κ2) is 7.29. The summed E-state index contributed by atoms with van der Waals surface area (Å²) in [6, 6.07) is 6.77. The molecule has 0 aromatic heterocycles. The van der Waals surface area contributed by atoms with E-state index in [4.69, 9.17) is 10.5 Å². The lowest BCUT2D eigenvalue weighted by Gasteiger charge is -2.07. The van der Waals surface area contributed by atoms with Gasteiger partial charge < -0.3 is 21.1 Å². The molecule has 0 fully saturated rings. The van der Waals surface area contributed by atoms with Crippen molar-refractivity contribution >= 4 is 17.5 Å². The third kappa shape index (κ3) is 4.42. The highest BCUT2D eigenvalue weighted by Gasteiger charge is 2.12. The van der Waals surface area contributed by atoms with Gasteiger partial charge in [0, 0.05) is 18.8 Å². The van der Waals surface area contributed by atoms with Crippen LogP contribution in [0.15, 0.2) is 24.3 Å². The minimum Gasteiger partial charge on any atom is -0.494 e. The van der Waals surface area contributed by atoms with Crippen LogP contribution in [0.25, 0.3) is 0 Å². The van der Waals surface area contributed by atoms with Crippen LogP contribution in [0, 0.1) is 0 Å². The first-order valence-electron chi connectivity index (χ1n) is 5.69. The number of nitrogens with two attached hydrogens (primary N) is 1. The van der Waals surface area contributed by atoms with Crippen molar-refractivity contribution in [3.63, 3.8) is 0 Å². The Morgan fingerprint density at radius 1 is 1.22 bits per heavy atom. The lowest BCUT2D eigenvalue weighted by molar-refractivity contribution is -0.136. The number of carbonyl (C=O) groups excluding carboxylic acids is 2. The van der Waals surface area contributed by atoms with Crippen LogP contribution in [0.3, 0.4) is 0 Å². The van der Waals surface area contributed by atoms with Gasteiger partial charge in [-0.3, -0.25) is 9.59 Å². The molecule has 0 aliphatic heterocycles. The Balaban J connectivity index is 2.51. The molecule has 6 nitrogen and oxygen atoms in total. The Kier molecular flexibility index (Phi) is 5.66. The molecule has 1 aromatic rings. The van der Waals surface area contributed by atoms with Gasteiger partial charge in [0.25, 0.3) is 0 Å². The van der Waals surface area contributed by atoms with Gasteiger partial charge in [-0.2, -0.15) is 0 Å². The van der Waals surface area contributed by atoms with Crippen molar-refractivity contribution in [2.45, 2.75) is 6.92 Å². The molecule has 0 heterocycles. The lowest BCUT2D eigenvalue weighted by Crippen LogP contribution is -2.37. The molecule has 18 heavy (non-hydrogen) atoms. The minimum absolute atomic E-state index is 0.273. The average molecular weight is 251 g/mol. The quantitative estimate of drug-likeness (QED) is 0.647. The van der Waals surface area contributed by atoms with E-state index in [-0.39, 0.29) is 6.54 Å². The van der Waals surface area contributed by atoms with Gasteiger partial charge in [0.1, 0.15) is 5.75 Å². The molecule has 0 bridgehead atoms. The molecule has 98 valence electrons. The number of hydrogen-bond acceptors (Lipinski definition) is 4. The zero-order valence-electron chi connectivity index (χ0n) is 10.2. The number of rotatable bonds is 5. The average Bonchev–Trinajstić information content (AvgIpc) is 2.38. The van der Waals surface area contributed by atoms with Gasteiger partial charge >= 0.3 is 11.8 Å². The minimum atomic E-state index is -0.715. The van der Waals surface area contributed by atoms with E-state index < -0.39 is 11.8 Å². The number of ether oxygens (including phenoxy) is 1. The summed E-state index contributed by atoms with van der Waals surface area (Å²) in [4.78, 5) is 22.7. The Hall–Kier alpha value is -2.08. The van der Waals surface area contributed by atoms with Crippen molar-refractivity contribution in [2.75, 3.05) is 25.0 Å². The number of anilines is 1. The van der Waals surface area contributed by atoms with Crippen molar-refractivity contribution in [3.8, 4) is 5.75 Å². The Bertz CT molecular complexity index is 404. The number of carbonyl (C=O) groups is 2. The summed E-state index contributed by atoms with van der Waals surface area (Å²) in [7, 11) is 0. The molecule has 0 radical (unpaired) electrons. The third-order valence-electron chi connectivity index (χ3n) is 2.06. The zero-order valence-corrected chi connectivity index (χ0v) is 10.2. The first-order chi connectivity index (χ1) is 8.67. The van der Waals surface area contributed by atoms with Crippen LogP contribution >= 0.6 is 0 Å². The molecule has 0 aliphatic rings. The molecule has 1 aromatic carbocycles. The fraction of sp³-hybridized carbons (Fsp3) is 0.333. The number of hydrogen-bond donors (Lipinski definition) is 3. The lowest BCUT2D eigenvalue weighted by atomic mass is 10.3. The topological polar surface area (TPSA) is 93.4 Å². The highest BCUT2D eigenvalue weighted by molar-refractivity contribution is 6.39. The summed E-state index contributed by atoms with van der Waals surface area (Å²) in [5.74, 6) is -0.704. The van der Waals surface area contributed by atoms with Crippen LogP contribution in [0.5, 0.6) is 5.75 Å². The van der Waals surface area contributed by atoms with Crippen LogP contribution in [-0.4, -0.2) is 31.5 Å². The zero-order chi connectivity index (χ0) is 13.4. The van der Waals surface area contributed by atoms with Crippen LogP contribution in [0.4, 0.5) is 5.69 Å². The maximum Gasteiger partial charge on any atom is 0.313 e. The fourth-order valence-electron chi connectivity index (χ4n) is 1.25. The second-order valence-corrected chi connectivity index (χ2v) is 3.46. The van der Waals surface area contributed by atoms with Crippen molar-refractivity contribution in [1.82, 2.24) is 5.32 Å². The molecule has 0 spiro atoms. The van der Waals surface area contributed by atoms with E-state index >= 15 is 0 Å². The summed E-state index contributed by atoms with van der Waals surface area (Å²) >= 11 is 0. The van der Waals surface area contributed by atoms with Crippen molar-refractivity contribution in [1.29, 1.82) is 0 Å². The normalized spacial score (nSPS) is 9.67. The van der Waals surface area contributed by atoms with Crippen molar-refractivity contribution < 1.29 is 14.3 Å². The Morgan fingerprint density at radius 2 is 1.89 bits per heavy atom. The predicted octanol–water partition coefficient (Wildman–Crippen LogP) is 0.0987. The van der Waals surface area contributed by atoms with Crippen molar-refractivity contribution in [3.05, 3.63) is 24.3 Å². The first-order valence-corrected chi connectivity index (χ1v) is 5.69. The standard InChI is InChI=1S/C12H17N3O3/c1-2-18-10-5-3-9(4-6-10)15-12(17)11(16)14-8-7-13/h3-6H,2,7-8,13H2,1H3,(H,14,16)(H,15,17). The highest BCUT2D eigenvalue weighted by atomic mass is 16.5. The van der Waals surface area contributed by atoms with E-state index in [1.807, 2.05) is 6.92 Å². The predicted molar refractivity (Wildman–Crippen MR) is 68.3 cm³/mol. The van der Waals surface area contributed by atoms with E-state index in [0.717, 1.165) is 0 Å². The fourth-order valence-corrected chi connectivity index (χ4v) is 1.25. The smallest absolute Gasteiger partial charge is 0.313 e. The molecule has 2 amide bonds. The summed E-state index contributed by atoms with van der Waals surface area (Å²) in [5, 5.41) is 4.86. The van der Waals surface area contributed by atoms with Crippen LogP contribution < -0.4 is 21.1 Å². The maximum atomic E-state index is 11.4. The Morgan fingerprint density at radius 3 is 2.44 bits per heavy atom. The molecular formula is C12H17N3O3. The van der Waals surface area contributed by atoms with Gasteiger partial charge in [0.05, 0.1) is 6.61 Å². The molecule has 0 saturated heterocycles. The number of benzene rings is 1. The van der Waals surface area contributed by atoms with E-state index in [9.17, 15) is 9.59 Å². The maximum absolute atomic E-state index is 11.4. The van der Waals surface area contributed by atoms with Crippen LogP contribution in [0.1, 0.15) is 6.92 Å². The third-order valence-corrected chi connectivity index (χ3v) is 2.06. The van der Waals surface area contributed by atoms with Gasteiger partial charge in [-0.15, -0.1) is 0 Å². The SMILES string of the molecule is CCOc1ccc(NC(=O)C(=O)NCCN)cc1. The van der Waals surface area contributed by atoms with Crippen LogP contribution in [0.2, 0.25) is 0 Å². The van der Waals surface area contributed by atoms with E-state index in [0.29, 0.717) is 24.6 Å². The van der Waals surface area contributed by atoms with E-state index in [1.165, 1.54) is 0 Å². The van der Waals surface area contributed by atoms with Gasteiger partial charge in [-0.1, -0.05) is 0 Å². The van der Waals surface area contributed by atoms with Crippen molar-refractivity contribution in [2.24, 2.45) is 5.73 Å². The molecule has 0 unspecified atom stereocenters. The molecule has 4 N–H and O–H groups in total. The summed E-state index contributed by atoms with van der Waals surface area (Å²) < 4.78 is 5.26. The van der Waals surface area contributed by atoms with Crippen LogP contribution in [-0.2, 0) is 9.59 Å². The van der Waals surface area contributed by atoms with Gasteiger partial charge in [-0.25, -0.2) is 0 Å². The number of amides is 2. The first kappa shape index (κ1) is 14.0. The van der Waals surface area contributed by atoms with Gasteiger partial charge in [0.2, 0.25) is 0 Å². The van der Waals surface area contributed by atoms with E-state index in [2.05, 4.69) is 10.6 Å². The summed E-state index contributed by atoms with van der Waals surface area (Å²) in [6.07, 6.45) is 0. The van der Waals surface area contributed by atoms with Gasteiger partial charge in [-0.05, 0) is 31.2 Å².